The van der Waals surface area contributed by atoms with Crippen LogP contribution in [-0.2, 0) is 4.74 Å². The van der Waals surface area contributed by atoms with Gasteiger partial charge in [-0.1, -0.05) is 19.3 Å². The summed E-state index contributed by atoms with van der Waals surface area (Å²) in [5, 5.41) is 0. The minimum Gasteiger partial charge on any atom is -0.381 e. The second-order valence-corrected chi connectivity index (χ2v) is 6.47. The molecule has 2 rings (SSSR count). The van der Waals surface area contributed by atoms with Gasteiger partial charge in [-0.25, -0.2) is 0 Å². The molecule has 1 aliphatic heterocycles. The van der Waals surface area contributed by atoms with Crippen LogP contribution in [0.25, 0.3) is 0 Å². The molecule has 0 aromatic carbocycles. The maximum Gasteiger partial charge on any atom is 0.0598 e. The van der Waals surface area contributed by atoms with Gasteiger partial charge in [-0.3, -0.25) is 4.90 Å². The van der Waals surface area contributed by atoms with Crippen molar-refractivity contribution in [2.75, 3.05) is 26.7 Å². The normalized spacial score (nSPS) is 33.5. The number of hydrogen-bond acceptors (Lipinski definition) is 3. The van der Waals surface area contributed by atoms with Crippen LogP contribution in [0, 0.1) is 5.41 Å². The second kappa shape index (κ2) is 6.36. The van der Waals surface area contributed by atoms with Crippen LogP contribution in [0.15, 0.2) is 0 Å². The first-order valence-electron chi connectivity index (χ1n) is 7.66. The SMILES string of the molecule is COC1CCN(CC2(CN)CCCCC2)C(C)C1. The zero-order chi connectivity index (χ0) is 13.0. The largest absolute Gasteiger partial charge is 0.381 e. The van der Waals surface area contributed by atoms with Gasteiger partial charge < -0.3 is 10.5 Å². The smallest absolute Gasteiger partial charge is 0.0598 e. The Morgan fingerprint density at radius 1 is 1.28 bits per heavy atom. The lowest BCUT2D eigenvalue weighted by Gasteiger charge is -2.45. The van der Waals surface area contributed by atoms with Crippen LogP contribution in [0.5, 0.6) is 0 Å². The van der Waals surface area contributed by atoms with Gasteiger partial charge in [0.1, 0.15) is 0 Å². The van der Waals surface area contributed by atoms with Crippen molar-refractivity contribution in [1.29, 1.82) is 0 Å². The minimum absolute atomic E-state index is 0.409. The summed E-state index contributed by atoms with van der Waals surface area (Å²) in [6, 6.07) is 0.647. The number of methoxy groups -OCH3 is 1. The molecule has 0 bridgehead atoms. The molecule has 3 heteroatoms. The molecular weight excluding hydrogens is 224 g/mol. The average molecular weight is 254 g/mol. The van der Waals surface area contributed by atoms with E-state index in [1.165, 1.54) is 58.0 Å². The average Bonchev–Trinajstić information content (AvgIpc) is 2.42. The minimum atomic E-state index is 0.409. The highest BCUT2D eigenvalue weighted by Crippen LogP contribution is 2.37. The maximum atomic E-state index is 6.10. The summed E-state index contributed by atoms with van der Waals surface area (Å²) < 4.78 is 5.50. The van der Waals surface area contributed by atoms with Crippen molar-refractivity contribution in [2.45, 2.75) is 64.0 Å². The lowest BCUT2D eigenvalue weighted by atomic mass is 9.73. The van der Waals surface area contributed by atoms with E-state index in [9.17, 15) is 0 Å². The van der Waals surface area contributed by atoms with Crippen molar-refractivity contribution in [3.63, 3.8) is 0 Å². The molecule has 3 nitrogen and oxygen atoms in total. The van der Waals surface area contributed by atoms with Crippen LogP contribution in [0.2, 0.25) is 0 Å². The highest BCUT2D eigenvalue weighted by molar-refractivity contribution is 4.90. The first kappa shape index (κ1) is 14.3. The predicted octanol–water partition coefficient (Wildman–Crippen LogP) is 2.39. The van der Waals surface area contributed by atoms with Gasteiger partial charge in [0.15, 0.2) is 0 Å². The predicted molar refractivity (Wildman–Crippen MR) is 75.6 cm³/mol. The van der Waals surface area contributed by atoms with Gasteiger partial charge in [-0.2, -0.15) is 0 Å². The molecule has 1 aliphatic carbocycles. The summed E-state index contributed by atoms with van der Waals surface area (Å²) in [5.74, 6) is 0. The third-order valence-electron chi connectivity index (χ3n) is 5.18. The van der Waals surface area contributed by atoms with Crippen molar-refractivity contribution < 1.29 is 4.74 Å². The van der Waals surface area contributed by atoms with Crippen molar-refractivity contribution in [1.82, 2.24) is 4.90 Å². The Kier molecular flexibility index (Phi) is 5.05. The monoisotopic (exact) mass is 254 g/mol. The summed E-state index contributed by atoms with van der Waals surface area (Å²) in [5.41, 5.74) is 6.51. The number of rotatable bonds is 4. The van der Waals surface area contributed by atoms with Crippen LogP contribution in [-0.4, -0.2) is 43.8 Å². The molecule has 106 valence electrons. The first-order valence-corrected chi connectivity index (χ1v) is 7.66. The molecule has 2 fully saturated rings. The Morgan fingerprint density at radius 2 is 2.00 bits per heavy atom. The second-order valence-electron chi connectivity index (χ2n) is 6.47. The molecule has 1 heterocycles. The summed E-state index contributed by atoms with van der Waals surface area (Å²) in [6.07, 6.45) is 9.65. The summed E-state index contributed by atoms with van der Waals surface area (Å²) in [4.78, 5) is 2.66. The third kappa shape index (κ3) is 3.25. The van der Waals surface area contributed by atoms with Crippen molar-refractivity contribution in [3.8, 4) is 0 Å². The highest BCUT2D eigenvalue weighted by Gasteiger charge is 2.35. The Labute approximate surface area is 112 Å². The lowest BCUT2D eigenvalue weighted by Crippen LogP contribution is -2.50. The molecule has 1 saturated heterocycles. The molecule has 2 N–H and O–H groups in total. The molecule has 1 saturated carbocycles. The van der Waals surface area contributed by atoms with Crippen LogP contribution in [0.1, 0.15) is 51.9 Å². The topological polar surface area (TPSA) is 38.5 Å². The zero-order valence-corrected chi connectivity index (χ0v) is 12.2. The van der Waals surface area contributed by atoms with Crippen LogP contribution in [0.3, 0.4) is 0 Å². The van der Waals surface area contributed by atoms with Crippen molar-refractivity contribution in [2.24, 2.45) is 11.1 Å². The van der Waals surface area contributed by atoms with Crippen molar-refractivity contribution in [3.05, 3.63) is 0 Å². The van der Waals surface area contributed by atoms with E-state index >= 15 is 0 Å². The van der Waals surface area contributed by atoms with Gasteiger partial charge in [0.25, 0.3) is 0 Å². The van der Waals surface area contributed by atoms with Crippen LogP contribution >= 0.6 is 0 Å². The summed E-state index contributed by atoms with van der Waals surface area (Å²) in [7, 11) is 1.84. The summed E-state index contributed by atoms with van der Waals surface area (Å²) >= 11 is 0. The fraction of sp³-hybridized carbons (Fsp3) is 1.00. The molecule has 0 spiro atoms. The molecule has 2 atom stereocenters. The Balaban J connectivity index is 1.91. The van der Waals surface area contributed by atoms with Gasteiger partial charge in [-0.15, -0.1) is 0 Å². The maximum absolute atomic E-state index is 6.10. The van der Waals surface area contributed by atoms with E-state index in [2.05, 4.69) is 11.8 Å². The standard InChI is InChI=1S/C15H30N2O/c1-13-10-14(18-2)6-9-17(13)12-15(11-16)7-4-3-5-8-15/h13-14H,3-12,16H2,1-2H3. The van der Waals surface area contributed by atoms with Gasteiger partial charge >= 0.3 is 0 Å². The van der Waals surface area contributed by atoms with E-state index in [0.29, 0.717) is 17.6 Å². The van der Waals surface area contributed by atoms with Crippen LogP contribution in [0.4, 0.5) is 0 Å². The van der Waals surface area contributed by atoms with Gasteiger partial charge in [0.05, 0.1) is 6.10 Å². The van der Waals surface area contributed by atoms with E-state index < -0.39 is 0 Å². The molecular formula is C15H30N2O. The molecule has 18 heavy (non-hydrogen) atoms. The molecule has 0 aromatic rings. The van der Waals surface area contributed by atoms with Gasteiger partial charge in [0.2, 0.25) is 0 Å². The Bertz CT molecular complexity index is 251. The number of likely N-dealkylation sites (tertiary alicyclic amines) is 1. The van der Waals surface area contributed by atoms with E-state index in [1.54, 1.807) is 0 Å². The fourth-order valence-electron chi connectivity index (χ4n) is 3.79. The van der Waals surface area contributed by atoms with Crippen LogP contribution < -0.4 is 5.73 Å². The van der Waals surface area contributed by atoms with Gasteiger partial charge in [-0.05, 0) is 44.6 Å². The number of nitrogens with two attached hydrogens (primary N) is 1. The zero-order valence-electron chi connectivity index (χ0n) is 12.2. The Morgan fingerprint density at radius 3 is 2.56 bits per heavy atom. The number of hydrogen-bond donors (Lipinski definition) is 1. The lowest BCUT2D eigenvalue weighted by molar-refractivity contribution is -0.00618. The molecule has 2 aliphatic rings. The molecule has 0 aromatic heterocycles. The Hall–Kier alpha value is -0.120. The van der Waals surface area contributed by atoms with E-state index in [0.717, 1.165) is 6.54 Å². The fourth-order valence-corrected chi connectivity index (χ4v) is 3.79. The quantitative estimate of drug-likeness (QED) is 0.837. The van der Waals surface area contributed by atoms with Gasteiger partial charge in [0, 0.05) is 26.2 Å². The number of ether oxygens (including phenoxy) is 1. The molecule has 2 unspecified atom stereocenters. The van der Waals surface area contributed by atoms with E-state index in [4.69, 9.17) is 10.5 Å². The number of piperidine rings is 1. The number of nitrogens with zero attached hydrogens (tertiary/aromatic N) is 1. The van der Waals surface area contributed by atoms with E-state index in [-0.39, 0.29) is 0 Å². The molecule has 0 radical (unpaired) electrons. The summed E-state index contributed by atoms with van der Waals surface area (Å²) in [6.45, 7) is 5.60. The van der Waals surface area contributed by atoms with Crippen molar-refractivity contribution >= 4 is 0 Å². The first-order chi connectivity index (χ1) is 8.69. The highest BCUT2D eigenvalue weighted by atomic mass is 16.5. The third-order valence-corrected chi connectivity index (χ3v) is 5.18. The van der Waals surface area contributed by atoms with E-state index in [1.807, 2.05) is 7.11 Å². The molecule has 0 amide bonds.